The quantitative estimate of drug-likeness (QED) is 0.458. The number of alkyl halides is 1. The van der Waals surface area contributed by atoms with Crippen LogP contribution < -0.4 is 4.74 Å². The van der Waals surface area contributed by atoms with Gasteiger partial charge in [0.1, 0.15) is 19.0 Å². The molecule has 0 bridgehead atoms. The molecule has 0 aliphatic rings. The van der Waals surface area contributed by atoms with Crippen molar-refractivity contribution < 1.29 is 17.3 Å². The van der Waals surface area contributed by atoms with Crippen molar-refractivity contribution in [2.75, 3.05) is 19.5 Å². The summed E-state index contributed by atoms with van der Waals surface area (Å²) in [6.07, 6.45) is 1.01. The minimum Gasteiger partial charge on any atom is -0.491 e. The maximum atomic E-state index is 10.6. The molecule has 1 rings (SSSR count). The van der Waals surface area contributed by atoms with Gasteiger partial charge in [0.25, 0.3) is 10.1 Å². The number of rotatable bonds is 6. The molecule has 0 fully saturated rings. The summed E-state index contributed by atoms with van der Waals surface area (Å²) < 4.78 is 31.1. The van der Waals surface area contributed by atoms with Crippen LogP contribution in [-0.4, -0.2) is 27.9 Å². The Hall–Kier alpha value is -0.590. The van der Waals surface area contributed by atoms with E-state index in [0.29, 0.717) is 5.75 Å². The molecule has 1 aromatic rings. The average molecular weight is 309 g/mol. The van der Waals surface area contributed by atoms with Crippen molar-refractivity contribution >= 4 is 26.0 Å². The Labute approximate surface area is 104 Å². The molecule has 16 heavy (non-hydrogen) atoms. The molecule has 0 amide bonds. The highest BCUT2D eigenvalue weighted by molar-refractivity contribution is 9.08. The predicted octanol–water partition coefficient (Wildman–Crippen LogP) is 1.94. The first-order valence-corrected chi connectivity index (χ1v) is 7.57. The number of hydrogen-bond donors (Lipinski definition) is 0. The highest BCUT2D eigenvalue weighted by atomic mass is 79.9. The zero-order valence-corrected chi connectivity index (χ0v) is 11.3. The molecule has 0 aliphatic heterocycles. The topological polar surface area (TPSA) is 52.6 Å². The summed E-state index contributed by atoms with van der Waals surface area (Å²) in [6.45, 7) is 0.236. The Balaban J connectivity index is 2.32. The van der Waals surface area contributed by atoms with Crippen molar-refractivity contribution in [2.45, 2.75) is 5.33 Å². The van der Waals surface area contributed by atoms with E-state index in [2.05, 4.69) is 20.1 Å². The molecule has 0 unspecified atom stereocenters. The summed E-state index contributed by atoms with van der Waals surface area (Å²) in [7, 11) is -3.38. The second-order valence-electron chi connectivity index (χ2n) is 3.15. The van der Waals surface area contributed by atoms with E-state index in [1.165, 1.54) is 0 Å². The van der Waals surface area contributed by atoms with Gasteiger partial charge in [-0.1, -0.05) is 28.1 Å². The first kappa shape index (κ1) is 13.5. The van der Waals surface area contributed by atoms with Crippen LogP contribution in [0.3, 0.4) is 0 Å². The van der Waals surface area contributed by atoms with Crippen molar-refractivity contribution in [3.05, 3.63) is 29.8 Å². The summed E-state index contributed by atoms with van der Waals surface area (Å²) >= 11 is 3.34. The van der Waals surface area contributed by atoms with Gasteiger partial charge >= 0.3 is 0 Å². The van der Waals surface area contributed by atoms with Gasteiger partial charge < -0.3 is 4.74 Å². The molecule has 4 nitrogen and oxygen atoms in total. The Kier molecular flexibility index (Phi) is 5.24. The normalized spacial score (nSPS) is 11.4. The zero-order valence-electron chi connectivity index (χ0n) is 8.85. The summed E-state index contributed by atoms with van der Waals surface area (Å²) in [5, 5.41) is 0.796. The Morgan fingerprint density at radius 2 is 1.81 bits per heavy atom. The second-order valence-corrected chi connectivity index (χ2v) is 5.36. The predicted molar refractivity (Wildman–Crippen MR) is 65.4 cm³/mol. The van der Waals surface area contributed by atoms with Crippen LogP contribution in [0.1, 0.15) is 5.56 Å². The maximum absolute atomic E-state index is 10.6. The highest BCUT2D eigenvalue weighted by Crippen LogP contribution is 2.13. The molecule has 0 saturated carbocycles. The first-order valence-electron chi connectivity index (χ1n) is 4.63. The third kappa shape index (κ3) is 5.48. The molecule has 0 atom stereocenters. The van der Waals surface area contributed by atoms with Crippen LogP contribution in [0, 0.1) is 0 Å². The minimum atomic E-state index is -3.38. The van der Waals surface area contributed by atoms with Crippen LogP contribution in [0.4, 0.5) is 0 Å². The van der Waals surface area contributed by atoms with E-state index in [1.54, 1.807) is 0 Å². The van der Waals surface area contributed by atoms with Crippen LogP contribution >= 0.6 is 15.9 Å². The molecule has 0 N–H and O–H groups in total. The van der Waals surface area contributed by atoms with Crippen LogP contribution in [-0.2, 0) is 19.6 Å². The van der Waals surface area contributed by atoms with Gasteiger partial charge in [0.15, 0.2) is 0 Å². The fourth-order valence-corrected chi connectivity index (χ4v) is 1.76. The SMILES string of the molecule is CS(=O)(=O)OCCOc1ccc(CBr)cc1. The maximum Gasteiger partial charge on any atom is 0.264 e. The molecule has 0 heterocycles. The van der Waals surface area contributed by atoms with Crippen molar-refractivity contribution in [3.8, 4) is 5.75 Å². The Bertz CT molecular complexity index is 413. The lowest BCUT2D eigenvalue weighted by molar-refractivity contribution is 0.222. The van der Waals surface area contributed by atoms with E-state index in [0.717, 1.165) is 17.1 Å². The summed E-state index contributed by atoms with van der Waals surface area (Å²) in [5.41, 5.74) is 1.15. The van der Waals surface area contributed by atoms with Crippen LogP contribution in [0.25, 0.3) is 0 Å². The standard InChI is InChI=1S/C10H13BrO4S/c1-16(12,13)15-7-6-14-10-4-2-9(8-11)3-5-10/h2-5H,6-8H2,1H3. The summed E-state index contributed by atoms with van der Waals surface area (Å²) in [6, 6.07) is 7.52. The third-order valence-corrected chi connectivity index (χ3v) is 2.97. The van der Waals surface area contributed by atoms with Gasteiger partial charge in [0, 0.05) is 5.33 Å². The molecular weight excluding hydrogens is 296 g/mol. The lowest BCUT2D eigenvalue weighted by Gasteiger charge is -2.06. The van der Waals surface area contributed by atoms with E-state index in [1.807, 2.05) is 24.3 Å². The molecule has 90 valence electrons. The molecule has 0 radical (unpaired) electrons. The highest BCUT2D eigenvalue weighted by Gasteiger charge is 2.01. The fourth-order valence-electron chi connectivity index (χ4n) is 1.02. The van der Waals surface area contributed by atoms with E-state index in [4.69, 9.17) is 4.74 Å². The Morgan fingerprint density at radius 3 is 2.31 bits per heavy atom. The lowest BCUT2D eigenvalue weighted by Crippen LogP contribution is -2.11. The third-order valence-electron chi connectivity index (χ3n) is 1.73. The molecule has 0 spiro atoms. The summed E-state index contributed by atoms with van der Waals surface area (Å²) in [4.78, 5) is 0. The monoisotopic (exact) mass is 308 g/mol. The first-order chi connectivity index (χ1) is 7.51. The van der Waals surface area contributed by atoms with Gasteiger partial charge in [0.05, 0.1) is 6.26 Å². The minimum absolute atomic E-state index is 0.0268. The Morgan fingerprint density at radius 1 is 1.19 bits per heavy atom. The molecule has 6 heteroatoms. The van der Waals surface area contributed by atoms with Gasteiger partial charge in [-0.25, -0.2) is 0 Å². The number of ether oxygens (including phenoxy) is 1. The van der Waals surface area contributed by atoms with Gasteiger partial charge in [0.2, 0.25) is 0 Å². The summed E-state index contributed by atoms with van der Waals surface area (Å²) in [5.74, 6) is 0.696. The molecule has 0 aliphatic carbocycles. The van der Waals surface area contributed by atoms with Gasteiger partial charge in [-0.2, -0.15) is 8.42 Å². The van der Waals surface area contributed by atoms with Crippen LogP contribution in [0.5, 0.6) is 5.75 Å². The average Bonchev–Trinajstić information content (AvgIpc) is 2.24. The van der Waals surface area contributed by atoms with E-state index in [9.17, 15) is 8.42 Å². The molecule has 0 aromatic heterocycles. The molecule has 1 aromatic carbocycles. The smallest absolute Gasteiger partial charge is 0.264 e. The lowest BCUT2D eigenvalue weighted by atomic mass is 10.2. The van der Waals surface area contributed by atoms with Crippen molar-refractivity contribution in [1.29, 1.82) is 0 Å². The van der Waals surface area contributed by atoms with Gasteiger partial charge in [-0.05, 0) is 17.7 Å². The van der Waals surface area contributed by atoms with Gasteiger partial charge in [-0.3, -0.25) is 4.18 Å². The second kappa shape index (κ2) is 6.22. The van der Waals surface area contributed by atoms with Crippen molar-refractivity contribution in [3.63, 3.8) is 0 Å². The zero-order chi connectivity index (χ0) is 12.0. The van der Waals surface area contributed by atoms with Crippen LogP contribution in [0.2, 0.25) is 0 Å². The number of halogens is 1. The number of hydrogen-bond acceptors (Lipinski definition) is 4. The number of benzene rings is 1. The van der Waals surface area contributed by atoms with Crippen molar-refractivity contribution in [1.82, 2.24) is 0 Å². The van der Waals surface area contributed by atoms with E-state index >= 15 is 0 Å². The van der Waals surface area contributed by atoms with Crippen LogP contribution in [0.15, 0.2) is 24.3 Å². The van der Waals surface area contributed by atoms with E-state index < -0.39 is 10.1 Å². The largest absolute Gasteiger partial charge is 0.491 e. The van der Waals surface area contributed by atoms with Crippen molar-refractivity contribution in [2.24, 2.45) is 0 Å². The van der Waals surface area contributed by atoms with E-state index in [-0.39, 0.29) is 13.2 Å². The molecule has 0 saturated heterocycles. The molecular formula is C10H13BrO4S. The fraction of sp³-hybridized carbons (Fsp3) is 0.400. The van der Waals surface area contributed by atoms with Gasteiger partial charge in [-0.15, -0.1) is 0 Å².